The van der Waals surface area contributed by atoms with E-state index in [1.54, 1.807) is 17.7 Å². The normalized spacial score (nSPS) is 11.3. The first-order valence-electron chi connectivity index (χ1n) is 13.2. The van der Waals surface area contributed by atoms with Crippen LogP contribution in [-0.4, -0.2) is 42.2 Å². The van der Waals surface area contributed by atoms with Crippen molar-refractivity contribution in [3.05, 3.63) is 107 Å². The summed E-state index contributed by atoms with van der Waals surface area (Å²) in [5.41, 5.74) is 3.67. The van der Waals surface area contributed by atoms with Crippen molar-refractivity contribution in [1.82, 2.24) is 29.8 Å². The van der Waals surface area contributed by atoms with Gasteiger partial charge in [-0.2, -0.15) is 4.80 Å². The SMILES string of the molecule is Cn1c(=O)c(-c2nnn(Cc3cccc(OCc4ccc5ccccc5n4)c3)n2)cc2cc(OCCCCl)ccc21. The van der Waals surface area contributed by atoms with Gasteiger partial charge in [-0.1, -0.05) is 36.4 Å². The molecule has 0 aliphatic carbocycles. The van der Waals surface area contributed by atoms with Crippen molar-refractivity contribution in [1.29, 1.82) is 0 Å². The molecule has 206 valence electrons. The number of aryl methyl sites for hydroxylation is 1. The Balaban J connectivity index is 1.18. The van der Waals surface area contributed by atoms with Gasteiger partial charge >= 0.3 is 0 Å². The number of benzene rings is 3. The third kappa shape index (κ3) is 5.90. The lowest BCUT2D eigenvalue weighted by Gasteiger charge is -2.10. The third-order valence-corrected chi connectivity index (χ3v) is 6.97. The van der Waals surface area contributed by atoms with Crippen molar-refractivity contribution >= 4 is 33.4 Å². The van der Waals surface area contributed by atoms with Crippen molar-refractivity contribution < 1.29 is 9.47 Å². The molecule has 6 aromatic rings. The van der Waals surface area contributed by atoms with Crippen LogP contribution in [-0.2, 0) is 20.2 Å². The highest BCUT2D eigenvalue weighted by Gasteiger charge is 2.15. The van der Waals surface area contributed by atoms with E-state index in [9.17, 15) is 4.79 Å². The van der Waals surface area contributed by atoms with Gasteiger partial charge in [-0.05, 0) is 65.7 Å². The first-order chi connectivity index (χ1) is 20.1. The third-order valence-electron chi connectivity index (χ3n) is 6.70. The lowest BCUT2D eigenvalue weighted by atomic mass is 10.1. The Labute approximate surface area is 240 Å². The lowest BCUT2D eigenvalue weighted by Crippen LogP contribution is -2.19. The highest BCUT2D eigenvalue weighted by atomic mass is 35.5. The average molecular weight is 567 g/mol. The second-order valence-corrected chi connectivity index (χ2v) is 9.99. The van der Waals surface area contributed by atoms with Crippen LogP contribution in [0.25, 0.3) is 33.2 Å². The van der Waals surface area contributed by atoms with E-state index in [0.717, 1.165) is 39.5 Å². The fourth-order valence-corrected chi connectivity index (χ4v) is 4.73. The van der Waals surface area contributed by atoms with Gasteiger partial charge in [0.05, 0.1) is 35.4 Å². The Morgan fingerprint density at radius 3 is 2.66 bits per heavy atom. The van der Waals surface area contributed by atoms with Gasteiger partial charge in [0.2, 0.25) is 5.82 Å². The second-order valence-electron chi connectivity index (χ2n) is 9.61. The summed E-state index contributed by atoms with van der Waals surface area (Å²) in [6, 6.07) is 27.1. The molecule has 0 radical (unpaired) electrons. The van der Waals surface area contributed by atoms with Crippen molar-refractivity contribution in [2.75, 3.05) is 12.5 Å². The highest BCUT2D eigenvalue weighted by Crippen LogP contribution is 2.23. The van der Waals surface area contributed by atoms with E-state index in [0.29, 0.717) is 42.7 Å². The standard InChI is InChI=1S/C31H27ClN6O3/c1-37-29-13-12-26(40-15-5-14-32)17-23(29)18-27(31(37)39)30-34-36-38(35-30)19-21-6-4-8-25(16-21)41-20-24-11-10-22-7-2-3-9-28(22)33-24/h2-4,6-13,16-18H,5,14-15,19-20H2,1H3. The molecule has 0 aliphatic rings. The van der Waals surface area contributed by atoms with Crippen LogP contribution >= 0.6 is 11.6 Å². The Morgan fingerprint density at radius 2 is 1.76 bits per heavy atom. The molecule has 3 aromatic carbocycles. The van der Waals surface area contributed by atoms with E-state index < -0.39 is 0 Å². The Morgan fingerprint density at radius 1 is 0.878 bits per heavy atom. The van der Waals surface area contributed by atoms with Gasteiger partial charge in [-0.25, -0.2) is 4.98 Å². The van der Waals surface area contributed by atoms with Gasteiger partial charge in [-0.15, -0.1) is 21.8 Å². The Hall–Kier alpha value is -4.76. The summed E-state index contributed by atoms with van der Waals surface area (Å²) in [4.78, 5) is 19.3. The molecular formula is C31H27ClN6O3. The van der Waals surface area contributed by atoms with E-state index in [1.165, 1.54) is 4.80 Å². The van der Waals surface area contributed by atoms with Crippen molar-refractivity contribution in [3.8, 4) is 22.9 Å². The number of hydrogen-bond donors (Lipinski definition) is 0. The summed E-state index contributed by atoms with van der Waals surface area (Å²) < 4.78 is 13.4. The van der Waals surface area contributed by atoms with Crippen molar-refractivity contribution in [2.24, 2.45) is 7.05 Å². The number of aromatic nitrogens is 6. The van der Waals surface area contributed by atoms with Crippen LogP contribution in [0.1, 0.15) is 17.7 Å². The van der Waals surface area contributed by atoms with Gasteiger partial charge in [0.15, 0.2) is 0 Å². The number of alkyl halides is 1. The average Bonchev–Trinajstić information content (AvgIpc) is 3.46. The summed E-state index contributed by atoms with van der Waals surface area (Å²) in [5, 5.41) is 14.8. The molecule has 0 saturated heterocycles. The summed E-state index contributed by atoms with van der Waals surface area (Å²) >= 11 is 5.76. The topological polar surface area (TPSA) is 97.0 Å². The molecule has 41 heavy (non-hydrogen) atoms. The minimum absolute atomic E-state index is 0.203. The number of para-hydroxylation sites is 1. The summed E-state index contributed by atoms with van der Waals surface area (Å²) in [5.74, 6) is 2.22. The van der Waals surface area contributed by atoms with Gasteiger partial charge in [0, 0.05) is 23.7 Å². The maximum atomic E-state index is 13.1. The number of fused-ring (bicyclic) bond motifs is 2. The van der Waals surface area contributed by atoms with E-state index in [2.05, 4.69) is 20.4 Å². The molecule has 0 N–H and O–H groups in total. The summed E-state index contributed by atoms with van der Waals surface area (Å²) in [7, 11) is 1.73. The largest absolute Gasteiger partial charge is 0.494 e. The number of halogens is 1. The van der Waals surface area contributed by atoms with E-state index in [1.807, 2.05) is 78.9 Å². The first-order valence-corrected chi connectivity index (χ1v) is 13.8. The zero-order chi connectivity index (χ0) is 28.2. The number of hydrogen-bond acceptors (Lipinski definition) is 7. The number of pyridine rings is 2. The molecule has 0 fully saturated rings. The predicted molar refractivity (Wildman–Crippen MR) is 158 cm³/mol. The molecule has 0 amide bonds. The molecular weight excluding hydrogens is 540 g/mol. The molecule has 0 aliphatic heterocycles. The summed E-state index contributed by atoms with van der Waals surface area (Å²) in [6.07, 6.45) is 0.752. The smallest absolute Gasteiger partial charge is 0.262 e. The number of ether oxygens (including phenoxy) is 2. The summed E-state index contributed by atoms with van der Waals surface area (Å²) in [6.45, 7) is 1.24. The Bertz CT molecular complexity index is 1900. The predicted octanol–water partition coefficient (Wildman–Crippen LogP) is 5.38. The van der Waals surface area contributed by atoms with Crippen LogP contribution < -0.4 is 15.0 Å². The van der Waals surface area contributed by atoms with E-state index >= 15 is 0 Å². The van der Waals surface area contributed by atoms with E-state index in [4.69, 9.17) is 21.1 Å². The van der Waals surface area contributed by atoms with Crippen LogP contribution in [0.15, 0.2) is 89.7 Å². The van der Waals surface area contributed by atoms with Crippen LogP contribution in [0, 0.1) is 0 Å². The van der Waals surface area contributed by atoms with Gasteiger partial charge in [-0.3, -0.25) is 4.79 Å². The molecule has 10 heteroatoms. The maximum Gasteiger partial charge on any atom is 0.262 e. The number of tetrazole rings is 1. The quantitative estimate of drug-likeness (QED) is 0.162. The maximum absolute atomic E-state index is 13.1. The molecule has 0 saturated carbocycles. The number of rotatable bonds is 10. The van der Waals surface area contributed by atoms with Crippen molar-refractivity contribution in [3.63, 3.8) is 0 Å². The molecule has 3 heterocycles. The number of nitrogens with zero attached hydrogens (tertiary/aromatic N) is 6. The lowest BCUT2D eigenvalue weighted by molar-refractivity contribution is 0.301. The van der Waals surface area contributed by atoms with Crippen molar-refractivity contribution in [2.45, 2.75) is 19.6 Å². The molecule has 0 bridgehead atoms. The minimum atomic E-state index is -0.203. The Kier molecular flexibility index (Phi) is 7.60. The molecule has 9 nitrogen and oxygen atoms in total. The van der Waals surface area contributed by atoms with Gasteiger partial charge in [0.25, 0.3) is 5.56 Å². The van der Waals surface area contributed by atoms with Gasteiger partial charge < -0.3 is 14.0 Å². The zero-order valence-electron chi connectivity index (χ0n) is 22.4. The second kappa shape index (κ2) is 11.8. The van der Waals surface area contributed by atoms with Crippen LogP contribution in [0.2, 0.25) is 0 Å². The highest BCUT2D eigenvalue weighted by molar-refractivity contribution is 6.17. The van der Waals surface area contributed by atoms with Gasteiger partial charge in [0.1, 0.15) is 18.1 Å². The van der Waals surface area contributed by atoms with Crippen LogP contribution in [0.4, 0.5) is 0 Å². The molecule has 0 unspecified atom stereocenters. The fourth-order valence-electron chi connectivity index (χ4n) is 4.62. The van der Waals surface area contributed by atoms with Crippen LogP contribution in [0.3, 0.4) is 0 Å². The molecule has 6 rings (SSSR count). The van der Waals surface area contributed by atoms with E-state index in [-0.39, 0.29) is 11.4 Å². The minimum Gasteiger partial charge on any atom is -0.494 e. The first kappa shape index (κ1) is 26.5. The molecule has 0 atom stereocenters. The fraction of sp³-hybridized carbons (Fsp3) is 0.194. The monoisotopic (exact) mass is 566 g/mol. The molecule has 0 spiro atoms. The van der Waals surface area contributed by atoms with Crippen LogP contribution in [0.5, 0.6) is 11.5 Å². The molecule has 3 aromatic heterocycles. The zero-order valence-corrected chi connectivity index (χ0v) is 23.2.